The Bertz CT molecular complexity index is 368. The van der Waals surface area contributed by atoms with Crippen molar-refractivity contribution in [2.45, 2.75) is 27.3 Å². The van der Waals surface area contributed by atoms with Crippen LogP contribution in [0.25, 0.3) is 0 Å². The van der Waals surface area contributed by atoms with E-state index in [1.165, 1.54) is 0 Å². The third-order valence-corrected chi connectivity index (χ3v) is 2.24. The molecule has 0 aliphatic heterocycles. The predicted molar refractivity (Wildman–Crippen MR) is 56.1 cm³/mol. The molecule has 4 nitrogen and oxygen atoms in total. The number of aromatic nitrogens is 2. The Morgan fingerprint density at radius 3 is 2.79 bits per heavy atom. The molecular weight excluding hydrogens is 178 g/mol. The Balaban J connectivity index is 2.99. The van der Waals surface area contributed by atoms with Crippen LogP contribution in [0.3, 0.4) is 0 Å². The average Bonchev–Trinajstić information content (AvgIpc) is 2.13. The molecule has 1 rings (SSSR count). The molecule has 1 heterocycles. The van der Waals surface area contributed by atoms with Gasteiger partial charge in [-0.05, 0) is 18.9 Å². The Kier molecular flexibility index (Phi) is 3.06. The zero-order valence-electron chi connectivity index (χ0n) is 8.95. The van der Waals surface area contributed by atoms with Gasteiger partial charge in [0.15, 0.2) is 0 Å². The Hall–Kier alpha value is -1.16. The van der Waals surface area contributed by atoms with Gasteiger partial charge in [0, 0.05) is 18.9 Å². The first-order chi connectivity index (χ1) is 6.46. The highest BCUT2D eigenvalue weighted by Gasteiger charge is 2.17. The molecule has 2 N–H and O–H groups in total. The van der Waals surface area contributed by atoms with E-state index >= 15 is 0 Å². The van der Waals surface area contributed by atoms with Gasteiger partial charge in [-0.1, -0.05) is 13.8 Å². The first kappa shape index (κ1) is 10.9. The van der Waals surface area contributed by atoms with Crippen molar-refractivity contribution < 1.29 is 0 Å². The van der Waals surface area contributed by atoms with Crippen LogP contribution in [-0.4, -0.2) is 16.1 Å². The molecule has 1 aromatic rings. The largest absolute Gasteiger partial charge is 0.330 e. The third kappa shape index (κ3) is 2.42. The number of rotatable bonds is 3. The van der Waals surface area contributed by atoms with E-state index in [4.69, 9.17) is 5.73 Å². The van der Waals surface area contributed by atoms with Gasteiger partial charge in [0.2, 0.25) is 0 Å². The summed E-state index contributed by atoms with van der Waals surface area (Å²) >= 11 is 0. The second-order valence-corrected chi connectivity index (χ2v) is 4.31. The maximum Gasteiger partial charge on any atom is 0.271 e. The Morgan fingerprint density at radius 1 is 1.57 bits per heavy atom. The fraction of sp³-hybridized carbons (Fsp3) is 0.600. The second kappa shape index (κ2) is 3.92. The van der Waals surface area contributed by atoms with Crippen molar-refractivity contribution in [1.29, 1.82) is 0 Å². The molecule has 0 spiro atoms. The van der Waals surface area contributed by atoms with E-state index in [2.05, 4.69) is 4.98 Å². The van der Waals surface area contributed by atoms with E-state index in [9.17, 15) is 4.79 Å². The lowest BCUT2D eigenvalue weighted by Gasteiger charge is -2.23. The minimum atomic E-state index is -0.0579. The van der Waals surface area contributed by atoms with Crippen LogP contribution in [0.1, 0.15) is 19.5 Å². The molecular formula is C10H17N3O. The summed E-state index contributed by atoms with van der Waals surface area (Å²) in [5, 5.41) is 0. The lowest BCUT2D eigenvalue weighted by molar-refractivity contribution is 0.312. The average molecular weight is 195 g/mol. The van der Waals surface area contributed by atoms with E-state index in [1.54, 1.807) is 23.9 Å². The second-order valence-electron chi connectivity index (χ2n) is 4.31. The fourth-order valence-corrected chi connectivity index (χ4v) is 1.21. The Morgan fingerprint density at radius 2 is 2.21 bits per heavy atom. The zero-order chi connectivity index (χ0) is 10.8. The van der Waals surface area contributed by atoms with Crippen LogP contribution in [-0.2, 0) is 6.54 Å². The van der Waals surface area contributed by atoms with Gasteiger partial charge in [-0.15, -0.1) is 0 Å². The number of nitrogens with zero attached hydrogens (tertiary/aromatic N) is 2. The van der Waals surface area contributed by atoms with Crippen LogP contribution in [0.5, 0.6) is 0 Å². The smallest absolute Gasteiger partial charge is 0.271 e. The maximum atomic E-state index is 11.6. The summed E-state index contributed by atoms with van der Waals surface area (Å²) in [6, 6.07) is 0. The van der Waals surface area contributed by atoms with Crippen molar-refractivity contribution in [3.63, 3.8) is 0 Å². The first-order valence-corrected chi connectivity index (χ1v) is 4.68. The van der Waals surface area contributed by atoms with Gasteiger partial charge >= 0.3 is 0 Å². The quantitative estimate of drug-likeness (QED) is 0.765. The first-order valence-electron chi connectivity index (χ1n) is 4.68. The number of hydrogen-bond donors (Lipinski definition) is 1. The molecule has 0 radical (unpaired) electrons. The summed E-state index contributed by atoms with van der Waals surface area (Å²) in [7, 11) is 0. The van der Waals surface area contributed by atoms with Gasteiger partial charge in [-0.3, -0.25) is 9.78 Å². The van der Waals surface area contributed by atoms with Gasteiger partial charge in [-0.25, -0.2) is 0 Å². The monoisotopic (exact) mass is 195 g/mol. The molecule has 0 aliphatic rings. The van der Waals surface area contributed by atoms with E-state index in [1.807, 2.05) is 13.8 Å². The molecule has 0 amide bonds. The van der Waals surface area contributed by atoms with Crippen molar-refractivity contribution in [3.05, 3.63) is 28.4 Å². The van der Waals surface area contributed by atoms with Crippen molar-refractivity contribution in [3.8, 4) is 0 Å². The van der Waals surface area contributed by atoms with Gasteiger partial charge in [0.1, 0.15) is 5.69 Å². The van der Waals surface area contributed by atoms with Crippen LogP contribution < -0.4 is 11.3 Å². The molecule has 0 saturated carbocycles. The van der Waals surface area contributed by atoms with Gasteiger partial charge in [0.25, 0.3) is 5.56 Å². The molecule has 0 aromatic carbocycles. The Labute approximate surface area is 83.8 Å². The summed E-state index contributed by atoms with van der Waals surface area (Å²) in [6.07, 6.45) is 3.34. The predicted octanol–water partition coefficient (Wildman–Crippen LogP) is 0.537. The van der Waals surface area contributed by atoms with Crippen molar-refractivity contribution in [2.24, 2.45) is 11.1 Å². The highest BCUT2D eigenvalue weighted by molar-refractivity contribution is 4.95. The molecule has 14 heavy (non-hydrogen) atoms. The maximum absolute atomic E-state index is 11.6. The van der Waals surface area contributed by atoms with E-state index in [0.717, 1.165) is 0 Å². The van der Waals surface area contributed by atoms with Crippen molar-refractivity contribution in [2.75, 3.05) is 6.54 Å². The summed E-state index contributed by atoms with van der Waals surface area (Å²) in [6.45, 7) is 6.98. The van der Waals surface area contributed by atoms with Crippen molar-refractivity contribution >= 4 is 0 Å². The van der Waals surface area contributed by atoms with Crippen LogP contribution in [0.2, 0.25) is 0 Å². The molecule has 0 aliphatic carbocycles. The van der Waals surface area contributed by atoms with Crippen LogP contribution in [0, 0.1) is 12.3 Å². The summed E-state index contributed by atoms with van der Waals surface area (Å²) < 4.78 is 1.66. The van der Waals surface area contributed by atoms with E-state index < -0.39 is 0 Å². The van der Waals surface area contributed by atoms with Gasteiger partial charge < -0.3 is 10.3 Å². The summed E-state index contributed by atoms with van der Waals surface area (Å²) in [5.74, 6) is 0. The normalized spacial score (nSPS) is 11.7. The minimum Gasteiger partial charge on any atom is -0.330 e. The number of nitrogens with two attached hydrogens (primary N) is 1. The number of aryl methyl sites for hydroxylation is 1. The van der Waals surface area contributed by atoms with Gasteiger partial charge in [-0.2, -0.15) is 0 Å². The van der Waals surface area contributed by atoms with E-state index in [0.29, 0.717) is 18.8 Å². The fourth-order valence-electron chi connectivity index (χ4n) is 1.21. The highest BCUT2D eigenvalue weighted by Crippen LogP contribution is 2.14. The van der Waals surface area contributed by atoms with Crippen LogP contribution >= 0.6 is 0 Å². The molecule has 0 saturated heterocycles. The molecule has 0 fully saturated rings. The zero-order valence-corrected chi connectivity index (χ0v) is 8.95. The SMILES string of the molecule is Cc1nccn(CC(C)(C)CN)c1=O. The van der Waals surface area contributed by atoms with Crippen LogP contribution in [0.15, 0.2) is 17.2 Å². The molecule has 0 unspecified atom stereocenters. The lowest BCUT2D eigenvalue weighted by Crippen LogP contribution is -2.34. The highest BCUT2D eigenvalue weighted by atomic mass is 16.1. The summed E-state index contributed by atoms with van der Waals surface area (Å²) in [4.78, 5) is 15.6. The molecule has 1 aromatic heterocycles. The molecule has 4 heteroatoms. The van der Waals surface area contributed by atoms with Crippen molar-refractivity contribution in [1.82, 2.24) is 9.55 Å². The van der Waals surface area contributed by atoms with Crippen LogP contribution in [0.4, 0.5) is 0 Å². The topological polar surface area (TPSA) is 60.9 Å². The molecule has 0 bridgehead atoms. The standard InChI is InChI=1S/C10H17N3O/c1-8-9(14)13(5-4-12-8)7-10(2,3)6-11/h4-5H,6-7,11H2,1-3H3. The molecule has 78 valence electrons. The van der Waals surface area contributed by atoms with E-state index in [-0.39, 0.29) is 11.0 Å². The summed E-state index contributed by atoms with van der Waals surface area (Å²) in [5.41, 5.74) is 6.05. The minimum absolute atomic E-state index is 0.0333. The number of hydrogen-bond acceptors (Lipinski definition) is 3. The third-order valence-electron chi connectivity index (χ3n) is 2.24. The molecule has 0 atom stereocenters. The lowest BCUT2D eigenvalue weighted by atomic mass is 9.94. The van der Waals surface area contributed by atoms with Gasteiger partial charge in [0.05, 0.1) is 0 Å².